The minimum absolute atomic E-state index is 0.0455. The van der Waals surface area contributed by atoms with Crippen LogP contribution in [0, 0.1) is 5.92 Å². The zero-order valence-corrected chi connectivity index (χ0v) is 8.42. The Morgan fingerprint density at radius 2 is 2.36 bits per heavy atom. The largest absolute Gasteiger partial charge is 0.366 e. The van der Waals surface area contributed by atoms with Gasteiger partial charge in [-0.1, -0.05) is 6.42 Å². The molecule has 2 aliphatic rings. The number of carbonyl (C=O) groups is 1. The van der Waals surface area contributed by atoms with E-state index < -0.39 is 0 Å². The van der Waals surface area contributed by atoms with Crippen LogP contribution in [0.1, 0.15) is 19.3 Å². The van der Waals surface area contributed by atoms with Gasteiger partial charge in [-0.05, 0) is 18.8 Å². The second-order valence-corrected chi connectivity index (χ2v) is 4.11. The second kappa shape index (κ2) is 4.75. The van der Waals surface area contributed by atoms with Crippen LogP contribution in [0.15, 0.2) is 0 Å². The van der Waals surface area contributed by atoms with Crippen LogP contribution in [0.25, 0.3) is 0 Å². The Bertz CT molecular complexity index is 198. The lowest BCUT2D eigenvalue weighted by molar-refractivity contribution is -0.134. The van der Waals surface area contributed by atoms with E-state index in [0.717, 1.165) is 19.0 Å². The third kappa shape index (κ3) is 2.45. The van der Waals surface area contributed by atoms with E-state index in [1.54, 1.807) is 0 Å². The molecular weight excluding hydrogens is 180 g/mol. The molecule has 1 saturated heterocycles. The van der Waals surface area contributed by atoms with Crippen LogP contribution < -0.4 is 10.6 Å². The molecule has 4 nitrogen and oxygen atoms in total. The minimum atomic E-state index is -0.274. The molecule has 0 aromatic rings. The lowest BCUT2D eigenvalue weighted by Gasteiger charge is -2.27. The summed E-state index contributed by atoms with van der Waals surface area (Å²) in [7, 11) is 0. The summed E-state index contributed by atoms with van der Waals surface area (Å²) in [5.74, 6) is 0.764. The van der Waals surface area contributed by atoms with Crippen LogP contribution in [0.5, 0.6) is 0 Å². The molecule has 0 radical (unpaired) electrons. The average Bonchev–Trinajstić information content (AvgIpc) is 2.16. The first-order chi connectivity index (χ1) is 6.86. The zero-order valence-electron chi connectivity index (χ0n) is 8.42. The van der Waals surface area contributed by atoms with Gasteiger partial charge in [-0.3, -0.25) is 4.79 Å². The maximum atomic E-state index is 11.6. The Balaban J connectivity index is 1.65. The van der Waals surface area contributed by atoms with Crippen molar-refractivity contribution in [2.45, 2.75) is 25.4 Å². The average molecular weight is 198 g/mol. The van der Waals surface area contributed by atoms with Gasteiger partial charge >= 0.3 is 0 Å². The van der Waals surface area contributed by atoms with Crippen molar-refractivity contribution >= 4 is 5.91 Å². The Morgan fingerprint density at radius 3 is 2.93 bits per heavy atom. The number of nitrogens with one attached hydrogen (secondary N) is 2. The summed E-state index contributed by atoms with van der Waals surface area (Å²) >= 11 is 0. The van der Waals surface area contributed by atoms with E-state index >= 15 is 0 Å². The van der Waals surface area contributed by atoms with Crippen molar-refractivity contribution in [3.05, 3.63) is 0 Å². The molecule has 1 heterocycles. The smallest absolute Gasteiger partial charge is 0.250 e. The van der Waals surface area contributed by atoms with E-state index in [1.165, 1.54) is 19.3 Å². The van der Waals surface area contributed by atoms with Gasteiger partial charge in [0.15, 0.2) is 0 Å². The van der Waals surface area contributed by atoms with E-state index in [9.17, 15) is 4.79 Å². The van der Waals surface area contributed by atoms with Crippen LogP contribution >= 0.6 is 0 Å². The molecule has 0 spiro atoms. The number of ether oxygens (including phenoxy) is 1. The van der Waals surface area contributed by atoms with Crippen LogP contribution in [0.4, 0.5) is 0 Å². The van der Waals surface area contributed by atoms with Gasteiger partial charge in [0.1, 0.15) is 6.10 Å². The van der Waals surface area contributed by atoms with Gasteiger partial charge in [0.2, 0.25) is 5.91 Å². The number of carbonyl (C=O) groups excluding carboxylic acids is 1. The lowest BCUT2D eigenvalue weighted by Crippen LogP contribution is -2.49. The molecule has 0 aromatic heterocycles. The van der Waals surface area contributed by atoms with Crippen molar-refractivity contribution in [3.8, 4) is 0 Å². The molecular formula is C10H18N2O2. The monoisotopic (exact) mass is 198 g/mol. The predicted molar refractivity (Wildman–Crippen MR) is 53.0 cm³/mol. The summed E-state index contributed by atoms with van der Waals surface area (Å²) in [6, 6.07) is 0. The summed E-state index contributed by atoms with van der Waals surface area (Å²) in [6.45, 7) is 2.98. The lowest BCUT2D eigenvalue weighted by atomic mass is 9.85. The topological polar surface area (TPSA) is 50.4 Å². The summed E-state index contributed by atoms with van der Waals surface area (Å²) < 4.78 is 5.35. The molecule has 1 saturated carbocycles. The molecule has 1 aliphatic carbocycles. The number of morpholine rings is 1. The van der Waals surface area contributed by atoms with Crippen LogP contribution in [0.3, 0.4) is 0 Å². The van der Waals surface area contributed by atoms with Crippen LogP contribution in [0.2, 0.25) is 0 Å². The molecule has 1 atom stereocenters. The second-order valence-electron chi connectivity index (χ2n) is 4.11. The van der Waals surface area contributed by atoms with Crippen LogP contribution in [-0.4, -0.2) is 38.3 Å². The molecule has 0 unspecified atom stereocenters. The fourth-order valence-electron chi connectivity index (χ4n) is 1.79. The first kappa shape index (κ1) is 9.93. The first-order valence-electron chi connectivity index (χ1n) is 5.46. The van der Waals surface area contributed by atoms with Gasteiger partial charge in [0, 0.05) is 19.6 Å². The van der Waals surface area contributed by atoms with Crippen molar-refractivity contribution in [3.63, 3.8) is 0 Å². The number of hydrogen-bond donors (Lipinski definition) is 2. The molecule has 1 amide bonds. The molecule has 80 valence electrons. The summed E-state index contributed by atoms with van der Waals surface area (Å²) in [6.07, 6.45) is 3.58. The summed E-state index contributed by atoms with van der Waals surface area (Å²) in [5, 5.41) is 6.10. The zero-order chi connectivity index (χ0) is 9.80. The Kier molecular flexibility index (Phi) is 3.37. The number of hydrogen-bond acceptors (Lipinski definition) is 3. The van der Waals surface area contributed by atoms with Crippen molar-refractivity contribution in [1.82, 2.24) is 10.6 Å². The summed E-state index contributed by atoms with van der Waals surface area (Å²) in [4.78, 5) is 11.6. The highest BCUT2D eigenvalue weighted by Crippen LogP contribution is 2.25. The fourth-order valence-corrected chi connectivity index (χ4v) is 1.79. The van der Waals surface area contributed by atoms with Gasteiger partial charge in [0.05, 0.1) is 6.61 Å². The van der Waals surface area contributed by atoms with Gasteiger partial charge in [0.25, 0.3) is 0 Å². The molecule has 0 bridgehead atoms. The van der Waals surface area contributed by atoms with E-state index in [0.29, 0.717) is 13.2 Å². The normalized spacial score (nSPS) is 28.1. The molecule has 2 fully saturated rings. The number of amides is 1. The molecule has 14 heavy (non-hydrogen) atoms. The highest BCUT2D eigenvalue weighted by atomic mass is 16.5. The third-order valence-electron chi connectivity index (χ3n) is 3.01. The molecule has 2 N–H and O–H groups in total. The Labute approximate surface area is 84.4 Å². The van der Waals surface area contributed by atoms with Gasteiger partial charge in [-0.15, -0.1) is 0 Å². The highest BCUT2D eigenvalue weighted by molar-refractivity contribution is 5.81. The Morgan fingerprint density at radius 1 is 1.50 bits per heavy atom. The number of rotatable bonds is 3. The van der Waals surface area contributed by atoms with E-state index in [-0.39, 0.29) is 12.0 Å². The maximum Gasteiger partial charge on any atom is 0.250 e. The highest BCUT2D eigenvalue weighted by Gasteiger charge is 2.23. The van der Waals surface area contributed by atoms with Crippen molar-refractivity contribution in [1.29, 1.82) is 0 Å². The standard InChI is InChI=1S/C10H18N2O2/c13-10(9-7-11-4-5-14-9)12-6-8-2-1-3-8/h8-9,11H,1-7H2,(H,12,13)/t9-/m0/s1. The van der Waals surface area contributed by atoms with E-state index in [4.69, 9.17) is 4.74 Å². The molecule has 4 heteroatoms. The third-order valence-corrected chi connectivity index (χ3v) is 3.01. The van der Waals surface area contributed by atoms with Crippen molar-refractivity contribution in [2.24, 2.45) is 5.92 Å². The maximum absolute atomic E-state index is 11.6. The van der Waals surface area contributed by atoms with Crippen molar-refractivity contribution in [2.75, 3.05) is 26.2 Å². The molecule has 0 aromatic carbocycles. The quantitative estimate of drug-likeness (QED) is 0.665. The fraction of sp³-hybridized carbons (Fsp3) is 0.900. The first-order valence-corrected chi connectivity index (χ1v) is 5.46. The van der Waals surface area contributed by atoms with Crippen molar-refractivity contribution < 1.29 is 9.53 Å². The van der Waals surface area contributed by atoms with Crippen LogP contribution in [-0.2, 0) is 9.53 Å². The van der Waals surface area contributed by atoms with Gasteiger partial charge in [-0.2, -0.15) is 0 Å². The molecule has 1 aliphatic heterocycles. The molecule has 2 rings (SSSR count). The minimum Gasteiger partial charge on any atom is -0.366 e. The Hall–Kier alpha value is -0.610. The predicted octanol–water partition coefficient (Wildman–Crippen LogP) is -0.109. The summed E-state index contributed by atoms with van der Waals surface area (Å²) in [5.41, 5.74) is 0. The van der Waals surface area contributed by atoms with Gasteiger partial charge < -0.3 is 15.4 Å². The van der Waals surface area contributed by atoms with Gasteiger partial charge in [-0.25, -0.2) is 0 Å². The van der Waals surface area contributed by atoms with E-state index in [2.05, 4.69) is 10.6 Å². The SMILES string of the molecule is O=C(NCC1CCC1)[C@@H]1CNCCO1. The van der Waals surface area contributed by atoms with E-state index in [1.807, 2.05) is 0 Å².